The van der Waals surface area contributed by atoms with Gasteiger partial charge in [-0.3, -0.25) is 6.08 Å². The molecular formula is C7H13Y. The Morgan fingerprint density at radius 1 is 1.50 bits per heavy atom. The number of unbranched alkanes of at least 4 members (excludes halogenated alkanes) is 1. The summed E-state index contributed by atoms with van der Waals surface area (Å²) in [6.45, 7) is 13.5. The number of rotatable bonds is 2. The molecule has 0 aromatic heterocycles. The fourth-order valence-corrected chi connectivity index (χ4v) is 0.118. The smallest absolute Gasteiger partial charge is 0.518 e. The Labute approximate surface area is 78.6 Å². The summed E-state index contributed by atoms with van der Waals surface area (Å²) in [7, 11) is 0. The van der Waals surface area contributed by atoms with E-state index in [9.17, 15) is 0 Å². The van der Waals surface area contributed by atoms with E-state index in [0.29, 0.717) is 0 Å². The van der Waals surface area contributed by atoms with Crippen LogP contribution in [0.15, 0.2) is 6.08 Å². The standard InChI is InChI=1S/C5H8.C2H5.Y/c1-3-5-4-2;1-2;/h1,3H,2,4-5H2;1H2,2H3;/q-2;-1;+3. The molecule has 0 amide bonds. The molecule has 0 bridgehead atoms. The minimum atomic E-state index is 0. The van der Waals surface area contributed by atoms with Crippen molar-refractivity contribution in [1.82, 2.24) is 0 Å². The fraction of sp³-hybridized carbons (Fsp3) is 0.429. The summed E-state index contributed by atoms with van der Waals surface area (Å²) in [4.78, 5) is 0. The minimum absolute atomic E-state index is 0. The average Bonchev–Trinajstić information content (AvgIpc) is 1.75. The van der Waals surface area contributed by atoms with E-state index in [4.69, 9.17) is 6.58 Å². The average molecular weight is 186 g/mol. The Balaban J connectivity index is -0.0000000750. The first-order valence-corrected chi connectivity index (χ1v) is 2.45. The topological polar surface area (TPSA) is 0 Å². The molecule has 0 fully saturated rings. The molecule has 0 saturated carbocycles. The largest absolute Gasteiger partial charge is 3.00 e. The zero-order chi connectivity index (χ0) is 6.12. The van der Waals surface area contributed by atoms with E-state index >= 15 is 0 Å². The Morgan fingerprint density at radius 2 is 1.88 bits per heavy atom. The summed E-state index contributed by atoms with van der Waals surface area (Å²) in [5.74, 6) is 0. The Kier molecular flexibility index (Phi) is 49.5. The molecule has 0 heterocycles. The molecule has 0 aliphatic carbocycles. The third kappa shape index (κ3) is 28.9. The van der Waals surface area contributed by atoms with Crippen LogP contribution < -0.4 is 0 Å². The zero-order valence-electron chi connectivity index (χ0n) is 5.56. The third-order valence-electron chi connectivity index (χ3n) is 0.371. The first-order valence-electron chi connectivity index (χ1n) is 2.45. The third-order valence-corrected chi connectivity index (χ3v) is 0.371. The van der Waals surface area contributed by atoms with E-state index in [-0.39, 0.29) is 32.7 Å². The van der Waals surface area contributed by atoms with E-state index in [1.165, 1.54) is 0 Å². The Bertz CT molecular complexity index is 25.6. The molecule has 0 aromatic carbocycles. The van der Waals surface area contributed by atoms with E-state index in [0.717, 1.165) is 12.8 Å². The van der Waals surface area contributed by atoms with Crippen LogP contribution >= 0.6 is 0 Å². The zero-order valence-corrected chi connectivity index (χ0v) is 8.40. The predicted molar refractivity (Wildman–Crippen MR) is 34.5 cm³/mol. The molecule has 0 nitrogen and oxygen atoms in total. The van der Waals surface area contributed by atoms with Crippen LogP contribution in [-0.2, 0) is 32.7 Å². The van der Waals surface area contributed by atoms with Crippen LogP contribution in [0.2, 0.25) is 0 Å². The quantitative estimate of drug-likeness (QED) is 0.581. The Morgan fingerprint density at radius 3 is 1.88 bits per heavy atom. The van der Waals surface area contributed by atoms with Gasteiger partial charge in [-0.2, -0.15) is 13.3 Å². The first-order chi connectivity index (χ1) is 3.41. The van der Waals surface area contributed by atoms with Gasteiger partial charge in [-0.1, -0.05) is 6.42 Å². The van der Waals surface area contributed by atoms with Gasteiger partial charge in [-0.05, 0) is 0 Å². The van der Waals surface area contributed by atoms with Crippen molar-refractivity contribution < 1.29 is 32.7 Å². The van der Waals surface area contributed by atoms with Crippen molar-refractivity contribution in [2.24, 2.45) is 0 Å². The van der Waals surface area contributed by atoms with E-state index < -0.39 is 0 Å². The van der Waals surface area contributed by atoms with Gasteiger partial charge < -0.3 is 20.4 Å². The fourth-order valence-electron chi connectivity index (χ4n) is 0.118. The molecule has 0 unspecified atom stereocenters. The summed E-state index contributed by atoms with van der Waals surface area (Å²) in [5, 5.41) is 0. The van der Waals surface area contributed by atoms with E-state index in [1.54, 1.807) is 13.0 Å². The maximum absolute atomic E-state index is 4.97. The molecule has 0 rings (SSSR count). The van der Waals surface area contributed by atoms with Crippen LogP contribution in [0.25, 0.3) is 0 Å². The summed E-state index contributed by atoms with van der Waals surface area (Å²) in [6.07, 6.45) is 3.46. The second-order valence-electron chi connectivity index (χ2n) is 0.878. The molecule has 0 aliphatic heterocycles. The van der Waals surface area contributed by atoms with Crippen molar-refractivity contribution in [3.05, 3.63) is 26.5 Å². The van der Waals surface area contributed by atoms with Gasteiger partial charge >= 0.3 is 32.7 Å². The molecule has 0 spiro atoms. The minimum Gasteiger partial charge on any atom is -0.518 e. The van der Waals surface area contributed by atoms with Crippen molar-refractivity contribution in [2.45, 2.75) is 19.8 Å². The van der Waals surface area contributed by atoms with E-state index in [1.807, 2.05) is 0 Å². The molecule has 0 radical (unpaired) electrons. The van der Waals surface area contributed by atoms with Crippen LogP contribution in [0, 0.1) is 20.4 Å². The molecule has 1 heteroatoms. The van der Waals surface area contributed by atoms with Crippen molar-refractivity contribution >= 4 is 0 Å². The van der Waals surface area contributed by atoms with Crippen LogP contribution in [0.4, 0.5) is 0 Å². The van der Waals surface area contributed by atoms with Gasteiger partial charge in [0.2, 0.25) is 0 Å². The van der Waals surface area contributed by atoms with Crippen molar-refractivity contribution in [2.75, 3.05) is 0 Å². The second-order valence-corrected chi connectivity index (χ2v) is 0.878. The summed E-state index contributed by atoms with van der Waals surface area (Å²) in [5.41, 5.74) is 0. The van der Waals surface area contributed by atoms with Gasteiger partial charge in [0.1, 0.15) is 0 Å². The predicted octanol–water partition coefficient (Wildman–Crippen LogP) is 2.43. The van der Waals surface area contributed by atoms with Gasteiger partial charge in [-0.15, -0.1) is 0 Å². The molecule has 0 aromatic rings. The summed E-state index contributed by atoms with van der Waals surface area (Å²) in [6, 6.07) is 0. The van der Waals surface area contributed by atoms with Gasteiger partial charge in [0.15, 0.2) is 0 Å². The van der Waals surface area contributed by atoms with Crippen molar-refractivity contribution in [3.63, 3.8) is 0 Å². The van der Waals surface area contributed by atoms with Gasteiger partial charge in [0.25, 0.3) is 0 Å². The monoisotopic (exact) mass is 186 g/mol. The summed E-state index contributed by atoms with van der Waals surface area (Å²) >= 11 is 0. The first kappa shape index (κ1) is 15.9. The second kappa shape index (κ2) is 24.9. The van der Waals surface area contributed by atoms with Crippen LogP contribution in [0.1, 0.15) is 19.8 Å². The van der Waals surface area contributed by atoms with Gasteiger partial charge in [0.05, 0.1) is 0 Å². The molecule has 0 N–H and O–H groups in total. The Hall–Kier alpha value is 0.844. The maximum Gasteiger partial charge on any atom is 3.00 e. The van der Waals surface area contributed by atoms with Crippen LogP contribution in [-0.4, -0.2) is 0 Å². The SMILES string of the molecule is [CH-]=CCC[CH2-].[CH2-]C.[Y+3]. The maximum atomic E-state index is 4.97. The van der Waals surface area contributed by atoms with Gasteiger partial charge in [0, 0.05) is 0 Å². The number of allylic oxidation sites excluding steroid dienone is 1. The number of hydrogen-bond donors (Lipinski definition) is 0. The molecule has 44 valence electrons. The normalized spacial score (nSPS) is 5.38. The summed E-state index contributed by atoms with van der Waals surface area (Å²) < 4.78 is 0. The van der Waals surface area contributed by atoms with Crippen molar-refractivity contribution in [3.8, 4) is 0 Å². The molecular weight excluding hydrogens is 173 g/mol. The molecule has 0 saturated heterocycles. The number of hydrogen-bond acceptors (Lipinski definition) is 0. The van der Waals surface area contributed by atoms with Crippen LogP contribution in [0.5, 0.6) is 0 Å². The molecule has 0 aliphatic rings. The molecule has 8 heavy (non-hydrogen) atoms. The van der Waals surface area contributed by atoms with E-state index in [2.05, 4.69) is 13.8 Å². The van der Waals surface area contributed by atoms with Crippen LogP contribution in [0.3, 0.4) is 0 Å². The molecule has 0 atom stereocenters. The van der Waals surface area contributed by atoms with Gasteiger partial charge in [-0.25, -0.2) is 0 Å². The van der Waals surface area contributed by atoms with Crippen molar-refractivity contribution in [1.29, 1.82) is 0 Å².